The Morgan fingerprint density at radius 2 is 2.09 bits per heavy atom. The Hall–Kier alpha value is -1.52. The van der Waals surface area contributed by atoms with E-state index in [0.29, 0.717) is 0 Å². The molecule has 0 bridgehead atoms. The van der Waals surface area contributed by atoms with Gasteiger partial charge in [0, 0.05) is 44.6 Å². The Morgan fingerprint density at radius 1 is 1.32 bits per heavy atom. The molecule has 3 rings (SSSR count). The zero-order chi connectivity index (χ0) is 15.7. The van der Waals surface area contributed by atoms with Crippen molar-refractivity contribution in [3.63, 3.8) is 0 Å². The van der Waals surface area contributed by atoms with Crippen molar-refractivity contribution in [3.05, 3.63) is 57.8 Å². The second kappa shape index (κ2) is 5.94. The molecule has 1 N–H and O–H groups in total. The van der Waals surface area contributed by atoms with Crippen LogP contribution in [0.3, 0.4) is 0 Å². The van der Waals surface area contributed by atoms with E-state index in [1.54, 1.807) is 29.2 Å². The van der Waals surface area contributed by atoms with Crippen LogP contribution in [0.15, 0.2) is 46.7 Å². The van der Waals surface area contributed by atoms with E-state index in [4.69, 9.17) is 0 Å². The van der Waals surface area contributed by atoms with Gasteiger partial charge in [-0.25, -0.2) is 0 Å². The quantitative estimate of drug-likeness (QED) is 0.506. The molecule has 114 valence electrons. The molecule has 1 aromatic heterocycles. The fourth-order valence-electron chi connectivity index (χ4n) is 2.77. The van der Waals surface area contributed by atoms with Gasteiger partial charge in [-0.2, -0.15) is 0 Å². The maximum absolute atomic E-state index is 12.7. The number of thiophene rings is 1. The standard InChI is InChI=1S/C18H19NOS2/c1-18(2)11-17-12(8-9-22-17)14(19-18)10-15(20)13-6-4-5-7-16(13)21-3/h4-10,19H,11H2,1-3H3/b14-10+. The van der Waals surface area contributed by atoms with Crippen LogP contribution >= 0.6 is 23.1 Å². The Kier molecular flexibility index (Phi) is 4.15. The van der Waals surface area contributed by atoms with Gasteiger partial charge in [0.05, 0.1) is 0 Å². The SMILES string of the molecule is CSc1ccccc1C(=O)/C=C1/NC(C)(C)Cc2sccc21. The van der Waals surface area contributed by atoms with Crippen molar-refractivity contribution in [1.82, 2.24) is 5.32 Å². The molecular formula is C18H19NOS2. The molecule has 1 aliphatic rings. The van der Waals surface area contributed by atoms with Crippen LogP contribution in [0.2, 0.25) is 0 Å². The van der Waals surface area contributed by atoms with Gasteiger partial charge in [-0.3, -0.25) is 4.79 Å². The summed E-state index contributed by atoms with van der Waals surface area (Å²) in [6, 6.07) is 9.87. The summed E-state index contributed by atoms with van der Waals surface area (Å²) in [6.07, 6.45) is 4.74. The Labute approximate surface area is 139 Å². The third-order valence-corrected chi connectivity index (χ3v) is 5.48. The van der Waals surface area contributed by atoms with Gasteiger partial charge in [-0.05, 0) is 43.7 Å². The van der Waals surface area contributed by atoms with Crippen LogP contribution in [0.25, 0.3) is 5.70 Å². The largest absolute Gasteiger partial charge is 0.379 e. The molecule has 2 aromatic rings. The summed E-state index contributed by atoms with van der Waals surface area (Å²) in [7, 11) is 0. The lowest BCUT2D eigenvalue weighted by molar-refractivity contribution is 0.104. The predicted octanol–water partition coefficient (Wildman–Crippen LogP) is 4.62. The monoisotopic (exact) mass is 329 g/mol. The van der Waals surface area contributed by atoms with E-state index < -0.39 is 0 Å². The molecule has 4 heteroatoms. The van der Waals surface area contributed by atoms with E-state index in [0.717, 1.165) is 22.6 Å². The molecule has 0 unspecified atom stereocenters. The second-order valence-electron chi connectivity index (χ2n) is 6.07. The van der Waals surface area contributed by atoms with Gasteiger partial charge in [0.15, 0.2) is 5.78 Å². The molecule has 2 nitrogen and oxygen atoms in total. The highest BCUT2D eigenvalue weighted by molar-refractivity contribution is 7.98. The highest BCUT2D eigenvalue weighted by Crippen LogP contribution is 2.33. The van der Waals surface area contributed by atoms with E-state index in [1.165, 1.54) is 10.4 Å². The van der Waals surface area contributed by atoms with Crippen LogP contribution in [0, 0.1) is 0 Å². The molecular weight excluding hydrogens is 310 g/mol. The van der Waals surface area contributed by atoms with Crippen molar-refractivity contribution in [2.24, 2.45) is 0 Å². The number of ketones is 1. The molecule has 0 saturated heterocycles. The number of nitrogens with one attached hydrogen (secondary N) is 1. The number of thioether (sulfide) groups is 1. The number of fused-ring (bicyclic) bond motifs is 1. The summed E-state index contributed by atoms with van der Waals surface area (Å²) < 4.78 is 0. The molecule has 22 heavy (non-hydrogen) atoms. The van der Waals surface area contributed by atoms with Crippen molar-refractivity contribution >= 4 is 34.6 Å². The molecule has 0 atom stereocenters. The number of hydrogen-bond acceptors (Lipinski definition) is 4. The lowest BCUT2D eigenvalue weighted by atomic mass is 9.91. The molecule has 1 aromatic carbocycles. The first-order valence-corrected chi connectivity index (χ1v) is 9.34. The fraction of sp³-hybridized carbons (Fsp3) is 0.278. The predicted molar refractivity (Wildman–Crippen MR) is 95.8 cm³/mol. The normalized spacial score (nSPS) is 17.9. The smallest absolute Gasteiger partial charge is 0.189 e. The minimum atomic E-state index is -0.0248. The van der Waals surface area contributed by atoms with Crippen LogP contribution in [0.1, 0.15) is 34.6 Å². The summed E-state index contributed by atoms with van der Waals surface area (Å²) in [6.45, 7) is 4.34. The van der Waals surface area contributed by atoms with Crippen LogP contribution in [0.5, 0.6) is 0 Å². The highest BCUT2D eigenvalue weighted by atomic mass is 32.2. The summed E-state index contributed by atoms with van der Waals surface area (Å²) >= 11 is 3.37. The summed E-state index contributed by atoms with van der Waals surface area (Å²) in [5.74, 6) is 0.0577. The van der Waals surface area contributed by atoms with Gasteiger partial charge in [-0.15, -0.1) is 23.1 Å². The van der Waals surface area contributed by atoms with Crippen LogP contribution in [-0.2, 0) is 6.42 Å². The van der Waals surface area contributed by atoms with Crippen molar-refractivity contribution in [2.45, 2.75) is 30.7 Å². The fourth-order valence-corrected chi connectivity index (χ4v) is 4.49. The van der Waals surface area contributed by atoms with E-state index in [9.17, 15) is 4.79 Å². The maximum Gasteiger partial charge on any atom is 0.189 e. The van der Waals surface area contributed by atoms with Crippen molar-refractivity contribution in [3.8, 4) is 0 Å². The van der Waals surface area contributed by atoms with E-state index >= 15 is 0 Å². The van der Waals surface area contributed by atoms with E-state index in [1.807, 2.05) is 30.5 Å². The van der Waals surface area contributed by atoms with Gasteiger partial charge < -0.3 is 5.32 Å². The van der Waals surface area contributed by atoms with Crippen molar-refractivity contribution in [2.75, 3.05) is 6.26 Å². The van der Waals surface area contributed by atoms with Crippen LogP contribution in [-0.4, -0.2) is 17.6 Å². The van der Waals surface area contributed by atoms with Gasteiger partial charge in [-0.1, -0.05) is 12.1 Å². The number of benzene rings is 1. The lowest BCUT2D eigenvalue weighted by Gasteiger charge is -2.33. The minimum Gasteiger partial charge on any atom is -0.379 e. The van der Waals surface area contributed by atoms with Crippen molar-refractivity contribution < 1.29 is 4.79 Å². The zero-order valence-electron chi connectivity index (χ0n) is 13.0. The van der Waals surface area contributed by atoms with Gasteiger partial charge in [0.2, 0.25) is 0 Å². The number of allylic oxidation sites excluding steroid dienone is 1. The first kappa shape index (κ1) is 15.4. The first-order chi connectivity index (χ1) is 10.5. The molecule has 0 amide bonds. The number of rotatable bonds is 3. The molecule has 2 heterocycles. The van der Waals surface area contributed by atoms with Gasteiger partial charge >= 0.3 is 0 Å². The molecule has 1 aliphatic heterocycles. The lowest BCUT2D eigenvalue weighted by Crippen LogP contribution is -2.43. The Balaban J connectivity index is 2.00. The minimum absolute atomic E-state index is 0.0248. The third kappa shape index (κ3) is 2.99. The first-order valence-electron chi connectivity index (χ1n) is 7.24. The molecule has 0 aliphatic carbocycles. The highest BCUT2D eigenvalue weighted by Gasteiger charge is 2.28. The molecule has 0 radical (unpaired) electrons. The zero-order valence-corrected chi connectivity index (χ0v) is 14.6. The van der Waals surface area contributed by atoms with Crippen LogP contribution < -0.4 is 5.32 Å². The van der Waals surface area contributed by atoms with Crippen molar-refractivity contribution in [1.29, 1.82) is 0 Å². The third-order valence-electron chi connectivity index (χ3n) is 3.76. The van der Waals surface area contributed by atoms with Gasteiger partial charge in [0.1, 0.15) is 0 Å². The number of carbonyl (C=O) groups is 1. The molecule has 0 spiro atoms. The average Bonchev–Trinajstić information content (AvgIpc) is 2.94. The summed E-state index contributed by atoms with van der Waals surface area (Å²) in [5, 5.41) is 5.61. The Bertz CT molecular complexity index is 743. The maximum atomic E-state index is 12.7. The second-order valence-corrected chi connectivity index (χ2v) is 7.91. The molecule has 0 saturated carbocycles. The molecule has 0 fully saturated rings. The topological polar surface area (TPSA) is 29.1 Å². The van der Waals surface area contributed by atoms with E-state index in [-0.39, 0.29) is 11.3 Å². The number of carbonyl (C=O) groups excluding carboxylic acids is 1. The van der Waals surface area contributed by atoms with Gasteiger partial charge in [0.25, 0.3) is 0 Å². The average molecular weight is 329 g/mol. The van der Waals surface area contributed by atoms with Crippen LogP contribution in [0.4, 0.5) is 0 Å². The Morgan fingerprint density at radius 3 is 2.86 bits per heavy atom. The van der Waals surface area contributed by atoms with E-state index in [2.05, 4.69) is 30.6 Å². The summed E-state index contributed by atoms with van der Waals surface area (Å²) in [4.78, 5) is 15.1. The number of hydrogen-bond donors (Lipinski definition) is 1. The summed E-state index contributed by atoms with van der Waals surface area (Å²) in [5.41, 5.74) is 2.85.